The summed E-state index contributed by atoms with van der Waals surface area (Å²) in [5.41, 5.74) is 6.36. The lowest BCUT2D eigenvalue weighted by atomic mass is 10.2. The van der Waals surface area contributed by atoms with Crippen LogP contribution in [0, 0.1) is 0 Å². The lowest BCUT2D eigenvalue weighted by Gasteiger charge is -2.08. The van der Waals surface area contributed by atoms with Gasteiger partial charge in [0.05, 0.1) is 5.56 Å². The summed E-state index contributed by atoms with van der Waals surface area (Å²) in [4.78, 5) is 22.8. The van der Waals surface area contributed by atoms with Crippen molar-refractivity contribution < 1.29 is 14.3 Å². The molecule has 0 radical (unpaired) electrons. The third-order valence-electron chi connectivity index (χ3n) is 2.74. The molecule has 0 bridgehead atoms. The van der Waals surface area contributed by atoms with Crippen molar-refractivity contribution in [2.24, 2.45) is 5.73 Å². The average Bonchev–Trinajstić information content (AvgIpc) is 2.45. The standard InChI is InChI=1S/C15H12Cl2N2O3/c16-11-5-4-10(13(17)7-11)8-22-14(20)9-2-1-3-12(6-9)19-15(18)21/h1-7H,8H2,(H3,18,19,21). The van der Waals surface area contributed by atoms with Gasteiger partial charge in [0.25, 0.3) is 0 Å². The van der Waals surface area contributed by atoms with Crippen molar-refractivity contribution in [2.45, 2.75) is 6.61 Å². The van der Waals surface area contributed by atoms with E-state index < -0.39 is 12.0 Å². The van der Waals surface area contributed by atoms with E-state index in [2.05, 4.69) is 5.32 Å². The predicted molar refractivity (Wildman–Crippen MR) is 85.2 cm³/mol. The van der Waals surface area contributed by atoms with Crippen LogP contribution in [-0.2, 0) is 11.3 Å². The summed E-state index contributed by atoms with van der Waals surface area (Å²) in [6.45, 7) is 0.0162. The van der Waals surface area contributed by atoms with Crippen LogP contribution in [0.1, 0.15) is 15.9 Å². The van der Waals surface area contributed by atoms with Gasteiger partial charge < -0.3 is 15.8 Å². The SMILES string of the molecule is NC(=O)Nc1cccc(C(=O)OCc2ccc(Cl)cc2Cl)c1. The Morgan fingerprint density at radius 1 is 1.14 bits per heavy atom. The predicted octanol–water partition coefficient (Wildman–Crippen LogP) is 3.84. The van der Waals surface area contributed by atoms with Gasteiger partial charge in [0.2, 0.25) is 0 Å². The second-order valence-corrected chi connectivity index (χ2v) is 5.23. The molecule has 7 heteroatoms. The molecule has 0 aromatic heterocycles. The maximum absolute atomic E-state index is 12.0. The second kappa shape index (κ2) is 7.15. The monoisotopic (exact) mass is 338 g/mol. The van der Waals surface area contributed by atoms with E-state index in [1.165, 1.54) is 6.07 Å². The number of hydrogen-bond acceptors (Lipinski definition) is 3. The van der Waals surface area contributed by atoms with Gasteiger partial charge in [-0.1, -0.05) is 35.3 Å². The molecule has 0 fully saturated rings. The van der Waals surface area contributed by atoms with E-state index in [4.69, 9.17) is 33.7 Å². The fourth-order valence-corrected chi connectivity index (χ4v) is 2.19. The zero-order valence-electron chi connectivity index (χ0n) is 11.3. The topological polar surface area (TPSA) is 81.4 Å². The molecule has 0 saturated carbocycles. The molecule has 0 heterocycles. The number of amides is 2. The molecule has 114 valence electrons. The van der Waals surface area contributed by atoms with Gasteiger partial charge in [-0.15, -0.1) is 0 Å². The summed E-state index contributed by atoms with van der Waals surface area (Å²) < 4.78 is 5.18. The molecule has 0 spiro atoms. The van der Waals surface area contributed by atoms with Crippen LogP contribution in [0.25, 0.3) is 0 Å². The molecule has 22 heavy (non-hydrogen) atoms. The van der Waals surface area contributed by atoms with Crippen LogP contribution in [0.4, 0.5) is 10.5 Å². The van der Waals surface area contributed by atoms with Crippen LogP contribution in [0.2, 0.25) is 10.0 Å². The van der Waals surface area contributed by atoms with Crippen molar-refractivity contribution in [1.82, 2.24) is 0 Å². The van der Waals surface area contributed by atoms with Gasteiger partial charge in [0, 0.05) is 21.3 Å². The van der Waals surface area contributed by atoms with Gasteiger partial charge in [-0.25, -0.2) is 9.59 Å². The number of halogens is 2. The molecule has 0 unspecified atom stereocenters. The number of carbonyl (C=O) groups excluding carboxylic acids is 2. The number of hydrogen-bond donors (Lipinski definition) is 2. The molecule has 0 aliphatic carbocycles. The smallest absolute Gasteiger partial charge is 0.338 e. The van der Waals surface area contributed by atoms with Crippen molar-refractivity contribution in [1.29, 1.82) is 0 Å². The number of urea groups is 1. The fraction of sp³-hybridized carbons (Fsp3) is 0.0667. The number of anilines is 1. The normalized spacial score (nSPS) is 10.1. The van der Waals surface area contributed by atoms with Crippen molar-refractivity contribution in [3.8, 4) is 0 Å². The van der Waals surface area contributed by atoms with E-state index in [0.717, 1.165) is 0 Å². The first kappa shape index (κ1) is 16.1. The molecule has 2 aromatic carbocycles. The first-order chi connectivity index (χ1) is 10.5. The molecule has 2 rings (SSSR count). The summed E-state index contributed by atoms with van der Waals surface area (Å²) in [6.07, 6.45) is 0. The molecule has 3 N–H and O–H groups in total. The second-order valence-electron chi connectivity index (χ2n) is 4.38. The maximum Gasteiger partial charge on any atom is 0.338 e. The van der Waals surface area contributed by atoms with Crippen LogP contribution < -0.4 is 11.1 Å². The highest BCUT2D eigenvalue weighted by Gasteiger charge is 2.10. The Hall–Kier alpha value is -2.24. The molecular weight excluding hydrogens is 327 g/mol. The molecule has 2 amide bonds. The fourth-order valence-electron chi connectivity index (χ4n) is 1.73. The minimum atomic E-state index is -0.710. The zero-order valence-corrected chi connectivity index (χ0v) is 12.8. The summed E-state index contributed by atoms with van der Waals surface area (Å²) in [5, 5.41) is 3.31. The van der Waals surface area contributed by atoms with Gasteiger partial charge in [-0.05, 0) is 30.3 Å². The highest BCUT2D eigenvalue weighted by atomic mass is 35.5. The van der Waals surface area contributed by atoms with E-state index >= 15 is 0 Å². The maximum atomic E-state index is 12.0. The Bertz CT molecular complexity index is 720. The van der Waals surface area contributed by atoms with Crippen LogP contribution in [-0.4, -0.2) is 12.0 Å². The minimum Gasteiger partial charge on any atom is -0.457 e. The van der Waals surface area contributed by atoms with Gasteiger partial charge in [-0.2, -0.15) is 0 Å². The van der Waals surface area contributed by atoms with E-state index in [1.54, 1.807) is 36.4 Å². The summed E-state index contributed by atoms with van der Waals surface area (Å²) in [6, 6.07) is 10.5. The van der Waals surface area contributed by atoms with Gasteiger partial charge in [-0.3, -0.25) is 0 Å². The van der Waals surface area contributed by atoms with Crippen molar-refractivity contribution in [2.75, 3.05) is 5.32 Å². The van der Waals surface area contributed by atoms with Crippen LogP contribution >= 0.6 is 23.2 Å². The summed E-state index contributed by atoms with van der Waals surface area (Å²) in [7, 11) is 0. The summed E-state index contributed by atoms with van der Waals surface area (Å²) >= 11 is 11.8. The van der Waals surface area contributed by atoms with E-state index in [9.17, 15) is 9.59 Å². The molecule has 2 aromatic rings. The zero-order chi connectivity index (χ0) is 16.1. The molecule has 0 atom stereocenters. The van der Waals surface area contributed by atoms with Gasteiger partial charge >= 0.3 is 12.0 Å². The largest absolute Gasteiger partial charge is 0.457 e. The third kappa shape index (κ3) is 4.38. The number of carbonyl (C=O) groups is 2. The Morgan fingerprint density at radius 3 is 2.59 bits per heavy atom. The Balaban J connectivity index is 2.04. The van der Waals surface area contributed by atoms with E-state index in [-0.39, 0.29) is 12.2 Å². The summed E-state index contributed by atoms with van der Waals surface area (Å²) in [5.74, 6) is -0.542. The number of benzene rings is 2. The average molecular weight is 339 g/mol. The molecule has 0 saturated heterocycles. The lowest BCUT2D eigenvalue weighted by Crippen LogP contribution is -2.19. The Kier molecular flexibility index (Phi) is 5.25. The van der Waals surface area contributed by atoms with Crippen LogP contribution in [0.5, 0.6) is 0 Å². The molecule has 0 aliphatic heterocycles. The number of esters is 1. The number of nitrogens with two attached hydrogens (primary N) is 1. The van der Waals surface area contributed by atoms with Gasteiger partial charge in [0.1, 0.15) is 6.61 Å². The van der Waals surface area contributed by atoms with E-state index in [1.807, 2.05) is 0 Å². The lowest BCUT2D eigenvalue weighted by molar-refractivity contribution is 0.0473. The van der Waals surface area contributed by atoms with Crippen LogP contribution in [0.15, 0.2) is 42.5 Å². The first-order valence-corrected chi connectivity index (χ1v) is 6.99. The highest BCUT2D eigenvalue weighted by Crippen LogP contribution is 2.22. The first-order valence-electron chi connectivity index (χ1n) is 6.23. The van der Waals surface area contributed by atoms with Crippen molar-refractivity contribution in [3.05, 3.63) is 63.6 Å². The van der Waals surface area contributed by atoms with Crippen molar-refractivity contribution >= 4 is 40.9 Å². The van der Waals surface area contributed by atoms with Gasteiger partial charge in [0.15, 0.2) is 0 Å². The van der Waals surface area contributed by atoms with Crippen LogP contribution in [0.3, 0.4) is 0 Å². The molecule has 0 aliphatic rings. The Labute approximate surface area is 137 Å². The number of nitrogens with one attached hydrogen (secondary N) is 1. The molecular formula is C15H12Cl2N2O3. The minimum absolute atomic E-state index is 0.0162. The molecule has 5 nitrogen and oxygen atoms in total. The van der Waals surface area contributed by atoms with Crippen molar-refractivity contribution in [3.63, 3.8) is 0 Å². The number of ether oxygens (including phenoxy) is 1. The van der Waals surface area contributed by atoms with E-state index in [0.29, 0.717) is 21.3 Å². The number of primary amides is 1. The quantitative estimate of drug-likeness (QED) is 0.831. The Morgan fingerprint density at radius 2 is 1.91 bits per heavy atom. The third-order valence-corrected chi connectivity index (χ3v) is 3.33. The highest BCUT2D eigenvalue weighted by molar-refractivity contribution is 6.35. The number of rotatable bonds is 4.